The molecule has 0 radical (unpaired) electrons. The maximum atomic E-state index is 11.6. The second-order valence-electron chi connectivity index (χ2n) is 3.98. The molecule has 100 valence electrons. The Morgan fingerprint density at radius 2 is 2.00 bits per heavy atom. The largest absolute Gasteiger partial charge is 0.377 e. The van der Waals surface area contributed by atoms with Crippen molar-refractivity contribution in [2.45, 2.75) is 11.8 Å². The summed E-state index contributed by atoms with van der Waals surface area (Å²) < 4.78 is 23.0. The molecule has 0 bridgehead atoms. The van der Waals surface area contributed by atoms with Gasteiger partial charge in [0.2, 0.25) is 10.0 Å². The van der Waals surface area contributed by atoms with Crippen LogP contribution in [0.2, 0.25) is 0 Å². The normalized spacial score (nSPS) is 11.1. The molecule has 0 unspecified atom stereocenters. The minimum atomic E-state index is -3.87. The van der Waals surface area contributed by atoms with Gasteiger partial charge in [0.05, 0.1) is 5.69 Å². The molecule has 0 aliphatic carbocycles. The van der Waals surface area contributed by atoms with Crippen molar-refractivity contribution in [3.63, 3.8) is 0 Å². The van der Waals surface area contributed by atoms with Crippen LogP contribution in [0.3, 0.4) is 0 Å². The fourth-order valence-corrected chi connectivity index (χ4v) is 2.35. The predicted molar refractivity (Wildman–Crippen MR) is 70.1 cm³/mol. The third-order valence-electron chi connectivity index (χ3n) is 2.35. The smallest absolute Gasteiger partial charge is 0.251 e. The molecule has 0 saturated carbocycles. The van der Waals surface area contributed by atoms with Gasteiger partial charge in [-0.25, -0.2) is 13.6 Å². The summed E-state index contributed by atoms with van der Waals surface area (Å²) in [7, 11) is -0.463. The zero-order valence-corrected chi connectivity index (χ0v) is 11.4. The molecule has 18 heavy (non-hydrogen) atoms. The summed E-state index contributed by atoms with van der Waals surface area (Å²) in [5, 5.41) is 7.75. The van der Waals surface area contributed by atoms with E-state index in [0.29, 0.717) is 12.2 Å². The van der Waals surface area contributed by atoms with Gasteiger partial charge in [-0.3, -0.25) is 4.79 Å². The van der Waals surface area contributed by atoms with E-state index in [0.717, 1.165) is 0 Å². The van der Waals surface area contributed by atoms with Gasteiger partial charge in [-0.1, -0.05) is 0 Å². The fraction of sp³-hybridized carbons (Fsp3) is 0.364. The Labute approximate surface area is 107 Å². The lowest BCUT2D eigenvalue weighted by Gasteiger charge is -2.17. The molecule has 0 fully saturated rings. The van der Waals surface area contributed by atoms with Crippen LogP contribution < -0.4 is 15.4 Å². The molecule has 0 aliphatic heterocycles. The highest BCUT2D eigenvalue weighted by Crippen LogP contribution is 2.23. The number of benzene rings is 1. The average molecular weight is 271 g/mol. The molecule has 1 aromatic carbocycles. The number of nitrogens with zero attached hydrogens (tertiary/aromatic N) is 1. The highest BCUT2D eigenvalue weighted by Gasteiger charge is 2.18. The average Bonchev–Trinajstić information content (AvgIpc) is 2.27. The van der Waals surface area contributed by atoms with Gasteiger partial charge in [0.25, 0.3) is 5.91 Å². The van der Waals surface area contributed by atoms with E-state index < -0.39 is 10.0 Å². The lowest BCUT2D eigenvalue weighted by Crippen LogP contribution is -2.24. The Bertz CT molecular complexity index is 553. The standard InChI is InChI=1S/C11H17N3O3S/c1-4-13-11(15)8-5-6-9(14(2)3)10(7-8)18(12,16)17/h5-7H,4H2,1-3H3,(H,13,15)(H2,12,16,17). The summed E-state index contributed by atoms with van der Waals surface area (Å²) in [4.78, 5) is 13.2. The van der Waals surface area contributed by atoms with Gasteiger partial charge in [0, 0.05) is 26.2 Å². The van der Waals surface area contributed by atoms with Crippen molar-refractivity contribution in [2.75, 3.05) is 25.5 Å². The number of sulfonamides is 1. The number of nitrogens with one attached hydrogen (secondary N) is 1. The quantitative estimate of drug-likeness (QED) is 0.815. The molecule has 1 rings (SSSR count). The number of carbonyl (C=O) groups is 1. The minimum Gasteiger partial charge on any atom is -0.377 e. The summed E-state index contributed by atoms with van der Waals surface area (Å²) in [5.74, 6) is -0.326. The molecule has 0 aliphatic rings. The number of amides is 1. The summed E-state index contributed by atoms with van der Waals surface area (Å²) >= 11 is 0. The Hall–Kier alpha value is -1.60. The molecule has 0 atom stereocenters. The third kappa shape index (κ3) is 3.21. The van der Waals surface area contributed by atoms with E-state index in [1.807, 2.05) is 0 Å². The molecule has 6 nitrogen and oxygen atoms in total. The topological polar surface area (TPSA) is 92.5 Å². The Balaban J connectivity index is 3.35. The zero-order valence-electron chi connectivity index (χ0n) is 10.6. The van der Waals surface area contributed by atoms with Gasteiger partial charge >= 0.3 is 0 Å². The zero-order chi connectivity index (χ0) is 13.9. The van der Waals surface area contributed by atoms with Crippen molar-refractivity contribution in [3.05, 3.63) is 23.8 Å². The van der Waals surface area contributed by atoms with Crippen LogP contribution in [0.4, 0.5) is 5.69 Å². The summed E-state index contributed by atoms with van der Waals surface area (Å²) in [6, 6.07) is 4.41. The van der Waals surface area contributed by atoms with Crippen LogP contribution >= 0.6 is 0 Å². The van der Waals surface area contributed by atoms with Gasteiger partial charge < -0.3 is 10.2 Å². The Morgan fingerprint density at radius 3 is 2.44 bits per heavy atom. The number of hydrogen-bond acceptors (Lipinski definition) is 4. The van der Waals surface area contributed by atoms with Crippen LogP contribution in [-0.4, -0.2) is 35.0 Å². The molecule has 0 spiro atoms. The van der Waals surface area contributed by atoms with Crippen LogP contribution in [0.15, 0.2) is 23.1 Å². The Morgan fingerprint density at radius 1 is 1.39 bits per heavy atom. The SMILES string of the molecule is CCNC(=O)c1ccc(N(C)C)c(S(N)(=O)=O)c1. The van der Waals surface area contributed by atoms with Gasteiger partial charge in [-0.05, 0) is 25.1 Å². The number of rotatable bonds is 4. The molecule has 0 aromatic heterocycles. The minimum absolute atomic E-state index is 0.0590. The number of hydrogen-bond donors (Lipinski definition) is 2. The molecule has 7 heteroatoms. The molecular weight excluding hydrogens is 254 g/mol. The van der Waals surface area contributed by atoms with Crippen molar-refractivity contribution >= 4 is 21.6 Å². The van der Waals surface area contributed by atoms with E-state index in [1.54, 1.807) is 38.1 Å². The molecule has 0 heterocycles. The molecule has 1 amide bonds. The second-order valence-corrected chi connectivity index (χ2v) is 5.51. The van der Waals surface area contributed by atoms with E-state index >= 15 is 0 Å². The van der Waals surface area contributed by atoms with E-state index in [9.17, 15) is 13.2 Å². The fourth-order valence-electron chi connectivity index (χ4n) is 1.52. The van der Waals surface area contributed by atoms with Crippen LogP contribution in [0.5, 0.6) is 0 Å². The monoisotopic (exact) mass is 271 g/mol. The summed E-state index contributed by atoms with van der Waals surface area (Å²) in [6.07, 6.45) is 0. The number of nitrogens with two attached hydrogens (primary N) is 1. The lowest BCUT2D eigenvalue weighted by atomic mass is 10.2. The van der Waals surface area contributed by atoms with E-state index in [-0.39, 0.29) is 16.4 Å². The summed E-state index contributed by atoms with van der Waals surface area (Å²) in [5.41, 5.74) is 0.719. The van der Waals surface area contributed by atoms with Gasteiger partial charge in [0.1, 0.15) is 4.90 Å². The van der Waals surface area contributed by atoms with E-state index in [1.165, 1.54) is 6.07 Å². The van der Waals surface area contributed by atoms with Crippen molar-refractivity contribution in [1.29, 1.82) is 0 Å². The maximum Gasteiger partial charge on any atom is 0.251 e. The molecule has 3 N–H and O–H groups in total. The van der Waals surface area contributed by atoms with Gasteiger partial charge in [-0.15, -0.1) is 0 Å². The first-order chi connectivity index (χ1) is 8.27. The molecule has 0 saturated heterocycles. The number of anilines is 1. The van der Waals surface area contributed by atoms with Crippen LogP contribution in [0.1, 0.15) is 17.3 Å². The second kappa shape index (κ2) is 5.36. The molecular formula is C11H17N3O3S. The van der Waals surface area contributed by atoms with Crippen LogP contribution in [-0.2, 0) is 10.0 Å². The highest BCUT2D eigenvalue weighted by atomic mass is 32.2. The van der Waals surface area contributed by atoms with Gasteiger partial charge in [-0.2, -0.15) is 0 Å². The van der Waals surface area contributed by atoms with Crippen molar-refractivity contribution in [2.24, 2.45) is 5.14 Å². The van der Waals surface area contributed by atoms with Gasteiger partial charge in [0.15, 0.2) is 0 Å². The van der Waals surface area contributed by atoms with Crippen molar-refractivity contribution in [1.82, 2.24) is 5.32 Å². The van der Waals surface area contributed by atoms with Crippen molar-refractivity contribution < 1.29 is 13.2 Å². The highest BCUT2D eigenvalue weighted by molar-refractivity contribution is 7.89. The first-order valence-electron chi connectivity index (χ1n) is 5.39. The van der Waals surface area contributed by atoms with E-state index in [4.69, 9.17) is 5.14 Å². The first-order valence-corrected chi connectivity index (χ1v) is 6.94. The van der Waals surface area contributed by atoms with Crippen molar-refractivity contribution in [3.8, 4) is 0 Å². The Kier molecular flexibility index (Phi) is 4.31. The lowest BCUT2D eigenvalue weighted by molar-refractivity contribution is 0.0955. The van der Waals surface area contributed by atoms with Crippen LogP contribution in [0, 0.1) is 0 Å². The first kappa shape index (κ1) is 14.5. The van der Waals surface area contributed by atoms with Crippen LogP contribution in [0.25, 0.3) is 0 Å². The maximum absolute atomic E-state index is 11.6. The summed E-state index contributed by atoms with van der Waals surface area (Å²) in [6.45, 7) is 2.26. The number of carbonyl (C=O) groups excluding carboxylic acids is 1. The van der Waals surface area contributed by atoms with E-state index in [2.05, 4.69) is 5.32 Å². The molecule has 1 aromatic rings. The third-order valence-corrected chi connectivity index (χ3v) is 3.29. The predicted octanol–water partition coefficient (Wildman–Crippen LogP) is 0.150. The number of primary sulfonamides is 1.